The van der Waals surface area contributed by atoms with Gasteiger partial charge in [0.1, 0.15) is 10.5 Å². The molecule has 0 radical (unpaired) electrons. The van der Waals surface area contributed by atoms with Gasteiger partial charge in [-0.25, -0.2) is 0 Å². The first-order chi connectivity index (χ1) is 9.66. The van der Waals surface area contributed by atoms with Crippen LogP contribution in [0.5, 0.6) is 0 Å². The maximum atomic E-state index is 5.69. The zero-order chi connectivity index (χ0) is 14.2. The van der Waals surface area contributed by atoms with E-state index in [1.807, 2.05) is 48.3 Å². The average molecular weight is 298 g/mol. The van der Waals surface area contributed by atoms with Gasteiger partial charge in [0.15, 0.2) is 5.11 Å². The predicted molar refractivity (Wildman–Crippen MR) is 89.8 cm³/mol. The molecule has 0 atom stereocenters. The minimum Gasteiger partial charge on any atom is -0.343 e. The highest BCUT2D eigenvalue weighted by Crippen LogP contribution is 2.36. The van der Waals surface area contributed by atoms with E-state index in [-0.39, 0.29) is 0 Å². The molecule has 2 nitrogen and oxygen atoms in total. The number of thiocarbonyl (C=S) groups is 2. The Bertz CT molecular complexity index is 613. The van der Waals surface area contributed by atoms with Crippen molar-refractivity contribution in [1.82, 2.24) is 10.2 Å². The average Bonchev–Trinajstić information content (AvgIpc) is 2.74. The molecule has 2 aromatic carbocycles. The minimum atomic E-state index is -0.552. The van der Waals surface area contributed by atoms with Gasteiger partial charge in [-0.05, 0) is 23.3 Å². The van der Waals surface area contributed by atoms with Crippen LogP contribution in [0.25, 0.3) is 0 Å². The Morgan fingerprint density at radius 1 is 0.850 bits per heavy atom. The lowest BCUT2D eigenvalue weighted by molar-refractivity contribution is 0.667. The standard InChI is InChI=1S/C16H14N2S2/c1-18-14(19)16(17-15(18)20,12-8-4-2-5-9-12)13-10-6-3-7-11-13/h2-11H,1H3,(H,17,20). The van der Waals surface area contributed by atoms with Crippen molar-refractivity contribution in [3.8, 4) is 0 Å². The molecule has 100 valence electrons. The quantitative estimate of drug-likeness (QED) is 0.857. The molecule has 1 fully saturated rings. The number of rotatable bonds is 2. The van der Waals surface area contributed by atoms with Crippen LogP contribution in [0, 0.1) is 0 Å². The first kappa shape index (κ1) is 13.2. The summed E-state index contributed by atoms with van der Waals surface area (Å²) in [5.74, 6) is 0. The third kappa shape index (κ3) is 1.84. The number of nitrogens with zero attached hydrogens (tertiary/aromatic N) is 1. The van der Waals surface area contributed by atoms with Gasteiger partial charge in [0.25, 0.3) is 0 Å². The zero-order valence-corrected chi connectivity index (χ0v) is 12.7. The van der Waals surface area contributed by atoms with Crippen LogP contribution in [0.4, 0.5) is 0 Å². The molecule has 1 heterocycles. The van der Waals surface area contributed by atoms with Gasteiger partial charge in [-0.2, -0.15) is 0 Å². The zero-order valence-electron chi connectivity index (χ0n) is 11.0. The van der Waals surface area contributed by atoms with Crippen molar-refractivity contribution in [2.24, 2.45) is 0 Å². The number of hydrogen-bond donors (Lipinski definition) is 1. The predicted octanol–water partition coefficient (Wildman–Crippen LogP) is 3.08. The van der Waals surface area contributed by atoms with Crippen LogP contribution in [0.1, 0.15) is 11.1 Å². The van der Waals surface area contributed by atoms with Crippen molar-refractivity contribution >= 4 is 34.5 Å². The number of hydrogen-bond acceptors (Lipinski definition) is 2. The van der Waals surface area contributed by atoms with Crippen LogP contribution in [-0.2, 0) is 5.54 Å². The van der Waals surface area contributed by atoms with E-state index in [2.05, 4.69) is 29.6 Å². The summed E-state index contributed by atoms with van der Waals surface area (Å²) in [7, 11) is 1.91. The highest BCUT2D eigenvalue weighted by atomic mass is 32.1. The molecule has 1 saturated heterocycles. The van der Waals surface area contributed by atoms with Gasteiger partial charge >= 0.3 is 0 Å². The van der Waals surface area contributed by atoms with Crippen LogP contribution in [-0.4, -0.2) is 22.0 Å². The molecule has 0 unspecified atom stereocenters. The lowest BCUT2D eigenvalue weighted by atomic mass is 9.83. The number of nitrogens with one attached hydrogen (secondary N) is 1. The summed E-state index contributed by atoms with van der Waals surface area (Å²) in [6, 6.07) is 20.4. The van der Waals surface area contributed by atoms with Gasteiger partial charge in [0.2, 0.25) is 0 Å². The normalized spacial score (nSPS) is 17.1. The molecular weight excluding hydrogens is 284 g/mol. The fourth-order valence-electron chi connectivity index (χ4n) is 2.58. The van der Waals surface area contributed by atoms with Crippen molar-refractivity contribution in [1.29, 1.82) is 0 Å². The van der Waals surface area contributed by atoms with Crippen molar-refractivity contribution in [3.63, 3.8) is 0 Å². The topological polar surface area (TPSA) is 15.3 Å². The maximum Gasteiger partial charge on any atom is 0.174 e. The fourth-order valence-corrected chi connectivity index (χ4v) is 3.26. The molecule has 0 spiro atoms. The summed E-state index contributed by atoms with van der Waals surface area (Å²) in [5.41, 5.74) is 1.65. The molecule has 2 aromatic rings. The van der Waals surface area contributed by atoms with E-state index < -0.39 is 5.54 Å². The fraction of sp³-hybridized carbons (Fsp3) is 0.125. The molecule has 3 rings (SSSR count). The second-order valence-electron chi connectivity index (χ2n) is 4.78. The Kier molecular flexibility index (Phi) is 3.28. The molecule has 0 saturated carbocycles. The largest absolute Gasteiger partial charge is 0.343 e. The van der Waals surface area contributed by atoms with Crippen molar-refractivity contribution < 1.29 is 0 Å². The number of benzene rings is 2. The monoisotopic (exact) mass is 298 g/mol. The van der Waals surface area contributed by atoms with Crippen molar-refractivity contribution in [2.75, 3.05) is 7.05 Å². The van der Waals surface area contributed by atoms with Gasteiger partial charge in [0.05, 0.1) is 0 Å². The third-order valence-corrected chi connectivity index (χ3v) is 4.59. The number of likely N-dealkylation sites (N-methyl/N-ethyl adjacent to an activating group) is 1. The Balaban J connectivity index is 2.25. The Hall–Kier alpha value is -1.78. The second kappa shape index (κ2) is 4.96. The molecule has 1 aliphatic rings. The van der Waals surface area contributed by atoms with E-state index >= 15 is 0 Å². The summed E-state index contributed by atoms with van der Waals surface area (Å²) >= 11 is 11.1. The third-order valence-electron chi connectivity index (χ3n) is 3.64. The van der Waals surface area contributed by atoms with Crippen LogP contribution < -0.4 is 5.32 Å². The summed E-state index contributed by atoms with van der Waals surface area (Å²) in [6.07, 6.45) is 0. The van der Waals surface area contributed by atoms with Crippen LogP contribution in [0.2, 0.25) is 0 Å². The Morgan fingerprint density at radius 3 is 1.65 bits per heavy atom. The van der Waals surface area contributed by atoms with E-state index in [9.17, 15) is 0 Å². The highest BCUT2D eigenvalue weighted by Gasteiger charge is 2.47. The lowest BCUT2D eigenvalue weighted by Gasteiger charge is -2.30. The molecule has 20 heavy (non-hydrogen) atoms. The van der Waals surface area contributed by atoms with Gasteiger partial charge < -0.3 is 10.2 Å². The smallest absolute Gasteiger partial charge is 0.174 e. The van der Waals surface area contributed by atoms with Crippen LogP contribution >= 0.6 is 24.4 Å². The summed E-state index contributed by atoms with van der Waals surface area (Å²) < 4.78 is 0. The molecule has 0 bridgehead atoms. The van der Waals surface area contributed by atoms with Gasteiger partial charge in [-0.15, -0.1) is 0 Å². The van der Waals surface area contributed by atoms with Gasteiger partial charge in [-0.1, -0.05) is 72.9 Å². The first-order valence-corrected chi connectivity index (χ1v) is 7.19. The molecule has 1 aliphatic heterocycles. The highest BCUT2D eigenvalue weighted by molar-refractivity contribution is 7.82. The minimum absolute atomic E-state index is 0.552. The molecular formula is C16H14N2S2. The van der Waals surface area contributed by atoms with Crippen LogP contribution in [0.3, 0.4) is 0 Å². The SMILES string of the molecule is CN1C(=S)NC(c2ccccc2)(c2ccccc2)C1=S. The van der Waals surface area contributed by atoms with Crippen molar-refractivity contribution in [3.05, 3.63) is 71.8 Å². The van der Waals surface area contributed by atoms with E-state index in [4.69, 9.17) is 24.4 Å². The maximum absolute atomic E-state index is 5.69. The van der Waals surface area contributed by atoms with Gasteiger partial charge in [0, 0.05) is 7.05 Å². The van der Waals surface area contributed by atoms with E-state index in [0.29, 0.717) is 5.11 Å². The van der Waals surface area contributed by atoms with Gasteiger partial charge in [-0.3, -0.25) is 0 Å². The summed E-state index contributed by atoms with van der Waals surface area (Å²) in [4.78, 5) is 2.64. The van der Waals surface area contributed by atoms with Crippen LogP contribution in [0.15, 0.2) is 60.7 Å². The van der Waals surface area contributed by atoms with E-state index in [1.165, 1.54) is 0 Å². The first-order valence-electron chi connectivity index (χ1n) is 6.37. The second-order valence-corrected chi connectivity index (χ2v) is 5.55. The summed E-state index contributed by atoms with van der Waals surface area (Å²) in [5, 5.41) is 4.07. The summed E-state index contributed by atoms with van der Waals surface area (Å²) in [6.45, 7) is 0. The molecule has 0 amide bonds. The lowest BCUT2D eigenvalue weighted by Crippen LogP contribution is -2.44. The molecule has 1 N–H and O–H groups in total. The van der Waals surface area contributed by atoms with Crippen molar-refractivity contribution in [2.45, 2.75) is 5.54 Å². The molecule has 0 aliphatic carbocycles. The molecule has 4 heteroatoms. The Labute approximate surface area is 129 Å². The Morgan fingerprint density at radius 2 is 1.30 bits per heavy atom. The van der Waals surface area contributed by atoms with E-state index in [1.54, 1.807) is 0 Å². The van der Waals surface area contributed by atoms with E-state index in [0.717, 1.165) is 16.1 Å². The molecule has 0 aromatic heterocycles.